The maximum absolute atomic E-state index is 12.8. The minimum atomic E-state index is -0.344. The molecule has 1 aliphatic heterocycles. The van der Waals surface area contributed by atoms with Crippen molar-refractivity contribution in [3.8, 4) is 5.75 Å². The van der Waals surface area contributed by atoms with Crippen LogP contribution in [0.3, 0.4) is 0 Å². The number of hydrogen-bond acceptors (Lipinski definition) is 4. The van der Waals surface area contributed by atoms with Crippen LogP contribution in [0.5, 0.6) is 5.75 Å². The number of nitrogens with one attached hydrogen (secondary N) is 1. The molecule has 0 spiro atoms. The zero-order chi connectivity index (χ0) is 21.7. The van der Waals surface area contributed by atoms with Crippen LogP contribution < -0.4 is 15.0 Å². The monoisotopic (exact) mass is 409 g/mol. The molecule has 2 amide bonds. The molecule has 0 bridgehead atoms. The van der Waals surface area contributed by atoms with Gasteiger partial charge in [0.25, 0.3) is 0 Å². The summed E-state index contributed by atoms with van der Waals surface area (Å²) >= 11 is 0. The number of benzene rings is 2. The molecule has 0 aromatic heterocycles. The van der Waals surface area contributed by atoms with Gasteiger partial charge in [-0.05, 0) is 44.3 Å². The fourth-order valence-corrected chi connectivity index (χ4v) is 3.90. The number of carbonyl (C=O) groups excluding carboxylic acids is 2. The largest absolute Gasteiger partial charge is 0.496 e. The molecule has 0 saturated carbocycles. The van der Waals surface area contributed by atoms with Crippen molar-refractivity contribution < 1.29 is 14.3 Å². The Hall–Kier alpha value is -2.86. The van der Waals surface area contributed by atoms with Crippen LogP contribution in [0.15, 0.2) is 48.5 Å². The van der Waals surface area contributed by atoms with Gasteiger partial charge in [-0.15, -0.1) is 0 Å². The van der Waals surface area contributed by atoms with Crippen LogP contribution >= 0.6 is 0 Å². The molecule has 160 valence electrons. The summed E-state index contributed by atoms with van der Waals surface area (Å²) in [4.78, 5) is 29.1. The highest BCUT2D eigenvalue weighted by molar-refractivity contribution is 6.00. The molecule has 0 radical (unpaired) electrons. The quantitative estimate of drug-likeness (QED) is 0.728. The van der Waals surface area contributed by atoms with Gasteiger partial charge in [0.2, 0.25) is 11.8 Å². The van der Waals surface area contributed by atoms with E-state index in [-0.39, 0.29) is 30.2 Å². The first kappa shape index (κ1) is 21.8. The van der Waals surface area contributed by atoms with Crippen molar-refractivity contribution in [3.05, 3.63) is 59.7 Å². The molecule has 2 aromatic rings. The number of hydrogen-bond donors (Lipinski definition) is 1. The van der Waals surface area contributed by atoms with Crippen LogP contribution in [-0.2, 0) is 16.0 Å². The molecule has 30 heavy (non-hydrogen) atoms. The first-order chi connectivity index (χ1) is 14.4. The van der Waals surface area contributed by atoms with E-state index >= 15 is 0 Å². The first-order valence-electron chi connectivity index (χ1n) is 10.4. The van der Waals surface area contributed by atoms with Crippen molar-refractivity contribution >= 4 is 17.5 Å². The number of methoxy groups -OCH3 is 1. The molecule has 1 aliphatic rings. The van der Waals surface area contributed by atoms with E-state index in [4.69, 9.17) is 4.74 Å². The van der Waals surface area contributed by atoms with Gasteiger partial charge in [-0.3, -0.25) is 9.59 Å². The lowest BCUT2D eigenvalue weighted by atomic mass is 10.0. The minimum absolute atomic E-state index is 0.00622. The van der Waals surface area contributed by atoms with E-state index < -0.39 is 0 Å². The van der Waals surface area contributed by atoms with E-state index in [1.165, 1.54) is 5.56 Å². The van der Waals surface area contributed by atoms with Crippen LogP contribution in [0, 0.1) is 5.92 Å². The Morgan fingerprint density at radius 3 is 2.53 bits per heavy atom. The number of rotatable bonds is 8. The van der Waals surface area contributed by atoms with Gasteiger partial charge in [-0.1, -0.05) is 37.3 Å². The topological polar surface area (TPSA) is 61.9 Å². The Morgan fingerprint density at radius 1 is 1.20 bits per heavy atom. The second-order valence-electron chi connectivity index (χ2n) is 7.89. The normalized spacial score (nSPS) is 17.3. The number of carbonyl (C=O) groups is 2. The first-order valence-corrected chi connectivity index (χ1v) is 10.4. The molecule has 1 N–H and O–H groups in total. The van der Waals surface area contributed by atoms with E-state index in [9.17, 15) is 9.59 Å². The number of aryl methyl sites for hydroxylation is 1. The average molecular weight is 410 g/mol. The number of likely N-dealkylation sites (N-methyl/N-ethyl adjacent to an activating group) is 1. The van der Waals surface area contributed by atoms with Gasteiger partial charge in [-0.25, -0.2) is 0 Å². The lowest BCUT2D eigenvalue weighted by molar-refractivity contribution is -0.126. The summed E-state index contributed by atoms with van der Waals surface area (Å²) in [6.07, 6.45) is 1.20. The van der Waals surface area contributed by atoms with Crippen LogP contribution in [0.4, 0.5) is 5.69 Å². The Bertz CT molecular complexity index is 880. The van der Waals surface area contributed by atoms with Crippen molar-refractivity contribution in [2.45, 2.75) is 25.8 Å². The van der Waals surface area contributed by atoms with Gasteiger partial charge in [0.05, 0.1) is 19.1 Å². The van der Waals surface area contributed by atoms with Gasteiger partial charge in [0.15, 0.2) is 0 Å². The summed E-state index contributed by atoms with van der Waals surface area (Å²) < 4.78 is 5.49. The van der Waals surface area contributed by atoms with Crippen molar-refractivity contribution in [2.24, 2.45) is 5.92 Å². The van der Waals surface area contributed by atoms with Crippen molar-refractivity contribution in [3.63, 3.8) is 0 Å². The highest BCUT2D eigenvalue weighted by atomic mass is 16.5. The fourth-order valence-electron chi connectivity index (χ4n) is 3.90. The molecule has 0 aliphatic carbocycles. The average Bonchev–Trinajstić information content (AvgIpc) is 3.15. The number of ether oxygens (including phenoxy) is 1. The molecule has 6 nitrogen and oxygen atoms in total. The van der Waals surface area contributed by atoms with E-state index in [1.54, 1.807) is 12.0 Å². The van der Waals surface area contributed by atoms with Gasteiger partial charge in [-0.2, -0.15) is 0 Å². The van der Waals surface area contributed by atoms with Crippen LogP contribution in [0.1, 0.15) is 30.5 Å². The predicted octanol–water partition coefficient (Wildman–Crippen LogP) is 3.03. The SMILES string of the molecule is CCc1ccc(N2CC(C(=O)NCC(c3ccccc3OC)N(C)C)CC2=O)cc1. The molecule has 1 saturated heterocycles. The predicted molar refractivity (Wildman–Crippen MR) is 119 cm³/mol. The maximum atomic E-state index is 12.8. The highest BCUT2D eigenvalue weighted by Gasteiger charge is 2.35. The molecule has 3 rings (SSSR count). The number of anilines is 1. The lowest BCUT2D eigenvalue weighted by Gasteiger charge is -2.27. The zero-order valence-corrected chi connectivity index (χ0v) is 18.2. The number of nitrogens with zero attached hydrogens (tertiary/aromatic N) is 2. The highest BCUT2D eigenvalue weighted by Crippen LogP contribution is 2.28. The van der Waals surface area contributed by atoms with Crippen LogP contribution in [0.2, 0.25) is 0 Å². The Balaban J connectivity index is 1.64. The summed E-state index contributed by atoms with van der Waals surface area (Å²) in [7, 11) is 5.60. The van der Waals surface area contributed by atoms with Gasteiger partial charge in [0.1, 0.15) is 5.75 Å². The Labute approximate surface area is 178 Å². The summed E-state index contributed by atoms with van der Waals surface area (Å²) in [6.45, 7) is 2.96. The van der Waals surface area contributed by atoms with Crippen LogP contribution in [-0.4, -0.2) is 51.0 Å². The third kappa shape index (κ3) is 4.82. The van der Waals surface area contributed by atoms with Crippen LogP contribution in [0.25, 0.3) is 0 Å². The Morgan fingerprint density at radius 2 is 1.90 bits per heavy atom. The van der Waals surface area contributed by atoms with E-state index in [1.807, 2.05) is 62.6 Å². The molecule has 2 atom stereocenters. The summed E-state index contributed by atoms with van der Waals surface area (Å²) in [5.74, 6) is 0.359. The van der Waals surface area contributed by atoms with E-state index in [0.29, 0.717) is 13.1 Å². The van der Waals surface area contributed by atoms with Gasteiger partial charge >= 0.3 is 0 Å². The standard InChI is InChI=1S/C24H31N3O3/c1-5-17-10-12-19(13-11-17)27-16-18(14-23(27)28)24(29)25-15-21(26(2)3)20-8-6-7-9-22(20)30-4/h6-13,18,21H,5,14-16H2,1-4H3,(H,25,29). The van der Waals surface area contributed by atoms with Gasteiger partial charge in [0, 0.05) is 30.8 Å². The molecular weight excluding hydrogens is 378 g/mol. The minimum Gasteiger partial charge on any atom is -0.496 e. The molecular formula is C24H31N3O3. The zero-order valence-electron chi connectivity index (χ0n) is 18.2. The third-order valence-corrected chi connectivity index (χ3v) is 5.74. The van der Waals surface area contributed by atoms with Gasteiger partial charge < -0.3 is 19.9 Å². The van der Waals surface area contributed by atoms with E-state index in [2.05, 4.69) is 17.1 Å². The molecule has 1 fully saturated rings. The molecule has 2 unspecified atom stereocenters. The van der Waals surface area contributed by atoms with Crippen molar-refractivity contribution in [1.29, 1.82) is 0 Å². The summed E-state index contributed by atoms with van der Waals surface area (Å²) in [5, 5.41) is 3.05. The smallest absolute Gasteiger partial charge is 0.227 e. The second-order valence-corrected chi connectivity index (χ2v) is 7.89. The molecule has 2 aromatic carbocycles. The third-order valence-electron chi connectivity index (χ3n) is 5.74. The lowest BCUT2D eigenvalue weighted by Crippen LogP contribution is -2.38. The summed E-state index contributed by atoms with van der Waals surface area (Å²) in [6, 6.07) is 15.8. The van der Waals surface area contributed by atoms with E-state index in [0.717, 1.165) is 23.4 Å². The number of amides is 2. The van der Waals surface area contributed by atoms with Crippen molar-refractivity contribution in [1.82, 2.24) is 10.2 Å². The molecule has 6 heteroatoms. The summed E-state index contributed by atoms with van der Waals surface area (Å²) in [5.41, 5.74) is 3.10. The second kappa shape index (κ2) is 9.76. The molecule has 1 heterocycles. The number of para-hydroxylation sites is 1. The maximum Gasteiger partial charge on any atom is 0.227 e. The van der Waals surface area contributed by atoms with Crippen molar-refractivity contribution in [2.75, 3.05) is 39.2 Å². The fraction of sp³-hybridized carbons (Fsp3) is 0.417. The Kier molecular flexibility index (Phi) is 7.11.